The molecule has 7 heteroatoms. The molecular formula is C14H19N3O4. The third kappa shape index (κ3) is 3.36. The van der Waals surface area contributed by atoms with Crippen molar-refractivity contribution in [1.29, 1.82) is 0 Å². The number of hydrogen-bond donors (Lipinski definition) is 3. The number of carbonyl (C=O) groups excluding carboxylic acids is 2. The number of anilines is 1. The first kappa shape index (κ1) is 15.0. The molecule has 7 nitrogen and oxygen atoms in total. The zero-order chi connectivity index (χ0) is 15.4. The SMILES string of the molecule is COc1cc(N)c(C(=O)NCC2CCC(=O)N2)cc1OC. The smallest absolute Gasteiger partial charge is 0.253 e. The van der Waals surface area contributed by atoms with Crippen LogP contribution >= 0.6 is 0 Å². The second-order valence-electron chi connectivity index (χ2n) is 4.81. The van der Waals surface area contributed by atoms with E-state index in [2.05, 4.69) is 10.6 Å². The van der Waals surface area contributed by atoms with Crippen molar-refractivity contribution in [3.8, 4) is 11.5 Å². The largest absolute Gasteiger partial charge is 0.493 e. The molecule has 1 fully saturated rings. The standard InChI is InChI=1S/C14H19N3O4/c1-20-11-5-9(10(15)6-12(11)21-2)14(19)16-7-8-3-4-13(18)17-8/h5-6,8H,3-4,7,15H2,1-2H3,(H,16,19)(H,17,18). The van der Waals surface area contributed by atoms with Crippen LogP contribution in [-0.4, -0.2) is 38.6 Å². The van der Waals surface area contributed by atoms with Crippen LogP contribution in [-0.2, 0) is 4.79 Å². The summed E-state index contributed by atoms with van der Waals surface area (Å²) in [6, 6.07) is 3.06. The fourth-order valence-electron chi connectivity index (χ4n) is 2.23. The van der Waals surface area contributed by atoms with Gasteiger partial charge in [-0.25, -0.2) is 0 Å². The summed E-state index contributed by atoms with van der Waals surface area (Å²) in [6.45, 7) is 0.373. The van der Waals surface area contributed by atoms with E-state index in [-0.39, 0.29) is 17.9 Å². The Morgan fingerprint density at radius 2 is 2.05 bits per heavy atom. The highest BCUT2D eigenvalue weighted by atomic mass is 16.5. The van der Waals surface area contributed by atoms with E-state index in [9.17, 15) is 9.59 Å². The molecule has 1 heterocycles. The second kappa shape index (κ2) is 6.34. The van der Waals surface area contributed by atoms with Gasteiger partial charge in [0.15, 0.2) is 11.5 Å². The highest BCUT2D eigenvalue weighted by Gasteiger charge is 2.22. The molecule has 0 aromatic heterocycles. The number of benzene rings is 1. The lowest BCUT2D eigenvalue weighted by atomic mass is 10.1. The average Bonchev–Trinajstić information content (AvgIpc) is 2.90. The molecule has 0 saturated carbocycles. The Hall–Kier alpha value is -2.44. The van der Waals surface area contributed by atoms with Crippen molar-refractivity contribution < 1.29 is 19.1 Å². The Kier molecular flexibility index (Phi) is 4.52. The molecule has 0 radical (unpaired) electrons. The first-order valence-electron chi connectivity index (χ1n) is 6.64. The summed E-state index contributed by atoms with van der Waals surface area (Å²) in [4.78, 5) is 23.3. The van der Waals surface area contributed by atoms with E-state index in [0.717, 1.165) is 6.42 Å². The predicted octanol–water partition coefficient (Wildman–Crippen LogP) is 0.294. The van der Waals surface area contributed by atoms with Gasteiger partial charge >= 0.3 is 0 Å². The number of amides is 2. The first-order chi connectivity index (χ1) is 10.0. The Morgan fingerprint density at radius 3 is 2.62 bits per heavy atom. The van der Waals surface area contributed by atoms with Crippen molar-refractivity contribution in [1.82, 2.24) is 10.6 Å². The zero-order valence-electron chi connectivity index (χ0n) is 12.1. The van der Waals surface area contributed by atoms with Crippen LogP contribution in [0.1, 0.15) is 23.2 Å². The molecule has 2 amide bonds. The molecule has 1 aliphatic rings. The summed E-state index contributed by atoms with van der Waals surface area (Å²) in [7, 11) is 2.99. The van der Waals surface area contributed by atoms with Crippen LogP contribution in [0.3, 0.4) is 0 Å². The minimum Gasteiger partial charge on any atom is -0.493 e. The summed E-state index contributed by atoms with van der Waals surface area (Å²) in [5, 5.41) is 5.55. The summed E-state index contributed by atoms with van der Waals surface area (Å²) in [5.41, 5.74) is 6.48. The quantitative estimate of drug-likeness (QED) is 0.677. The molecule has 1 atom stereocenters. The average molecular weight is 293 g/mol. The maximum absolute atomic E-state index is 12.2. The van der Waals surface area contributed by atoms with Crippen molar-refractivity contribution in [2.24, 2.45) is 0 Å². The predicted molar refractivity (Wildman–Crippen MR) is 77.5 cm³/mol. The molecule has 0 aliphatic carbocycles. The minimum absolute atomic E-state index is 0.0138. The topological polar surface area (TPSA) is 103 Å². The van der Waals surface area contributed by atoms with Crippen LogP contribution in [0.2, 0.25) is 0 Å². The zero-order valence-corrected chi connectivity index (χ0v) is 12.1. The number of nitrogen functional groups attached to an aromatic ring is 1. The fraction of sp³-hybridized carbons (Fsp3) is 0.429. The van der Waals surface area contributed by atoms with Gasteiger partial charge in [0.05, 0.1) is 19.8 Å². The number of methoxy groups -OCH3 is 2. The van der Waals surface area contributed by atoms with Gasteiger partial charge in [-0.05, 0) is 12.5 Å². The Bertz CT molecular complexity index is 559. The molecule has 114 valence electrons. The van der Waals surface area contributed by atoms with E-state index >= 15 is 0 Å². The number of nitrogens with two attached hydrogens (primary N) is 1. The molecular weight excluding hydrogens is 274 g/mol. The van der Waals surface area contributed by atoms with Crippen molar-refractivity contribution in [3.63, 3.8) is 0 Å². The maximum Gasteiger partial charge on any atom is 0.253 e. The van der Waals surface area contributed by atoms with Crippen LogP contribution < -0.4 is 25.8 Å². The molecule has 1 unspecified atom stereocenters. The highest BCUT2D eigenvalue weighted by molar-refractivity contribution is 6.00. The fourth-order valence-corrected chi connectivity index (χ4v) is 2.23. The molecule has 1 aliphatic heterocycles. The first-order valence-corrected chi connectivity index (χ1v) is 6.64. The maximum atomic E-state index is 12.2. The van der Waals surface area contributed by atoms with Crippen molar-refractivity contribution in [3.05, 3.63) is 17.7 Å². The van der Waals surface area contributed by atoms with Crippen molar-refractivity contribution in [2.75, 3.05) is 26.5 Å². The Labute approximate surface area is 122 Å². The third-order valence-electron chi connectivity index (χ3n) is 3.39. The molecule has 0 spiro atoms. The van der Waals surface area contributed by atoms with Gasteiger partial charge in [-0.15, -0.1) is 0 Å². The normalized spacial score (nSPS) is 17.2. The minimum atomic E-state index is -0.311. The lowest BCUT2D eigenvalue weighted by Crippen LogP contribution is -2.38. The third-order valence-corrected chi connectivity index (χ3v) is 3.39. The van der Waals surface area contributed by atoms with Gasteiger partial charge in [0, 0.05) is 30.8 Å². The summed E-state index contributed by atoms with van der Waals surface area (Å²) in [6.07, 6.45) is 1.22. The van der Waals surface area contributed by atoms with Crippen LogP contribution in [0.15, 0.2) is 12.1 Å². The van der Waals surface area contributed by atoms with Crippen LogP contribution in [0, 0.1) is 0 Å². The molecule has 4 N–H and O–H groups in total. The van der Waals surface area contributed by atoms with E-state index < -0.39 is 0 Å². The van der Waals surface area contributed by atoms with Gasteiger partial charge in [0.2, 0.25) is 5.91 Å². The van der Waals surface area contributed by atoms with Gasteiger partial charge in [0.1, 0.15) is 0 Å². The monoisotopic (exact) mass is 293 g/mol. The van der Waals surface area contributed by atoms with Crippen LogP contribution in [0.4, 0.5) is 5.69 Å². The number of carbonyl (C=O) groups is 2. The van der Waals surface area contributed by atoms with E-state index in [4.69, 9.17) is 15.2 Å². The van der Waals surface area contributed by atoms with Crippen LogP contribution in [0.5, 0.6) is 11.5 Å². The van der Waals surface area contributed by atoms with Crippen molar-refractivity contribution >= 4 is 17.5 Å². The second-order valence-corrected chi connectivity index (χ2v) is 4.81. The van der Waals surface area contributed by atoms with Gasteiger partial charge in [-0.1, -0.05) is 0 Å². The van der Waals surface area contributed by atoms with Gasteiger partial charge in [0.25, 0.3) is 5.91 Å². The van der Waals surface area contributed by atoms with E-state index in [0.29, 0.717) is 35.7 Å². The van der Waals surface area contributed by atoms with Gasteiger partial charge in [-0.2, -0.15) is 0 Å². The molecule has 1 aromatic rings. The van der Waals surface area contributed by atoms with E-state index in [1.807, 2.05) is 0 Å². The number of nitrogens with one attached hydrogen (secondary N) is 2. The van der Waals surface area contributed by atoms with Crippen LogP contribution in [0.25, 0.3) is 0 Å². The molecule has 1 saturated heterocycles. The lowest BCUT2D eigenvalue weighted by molar-refractivity contribution is -0.119. The van der Waals surface area contributed by atoms with E-state index in [1.54, 1.807) is 6.07 Å². The van der Waals surface area contributed by atoms with Gasteiger partial charge in [-0.3, -0.25) is 9.59 Å². The van der Waals surface area contributed by atoms with Gasteiger partial charge < -0.3 is 25.8 Å². The molecule has 21 heavy (non-hydrogen) atoms. The lowest BCUT2D eigenvalue weighted by Gasteiger charge is -2.14. The molecule has 2 rings (SSSR count). The van der Waals surface area contributed by atoms with E-state index in [1.165, 1.54) is 20.3 Å². The number of hydrogen-bond acceptors (Lipinski definition) is 5. The summed E-state index contributed by atoms with van der Waals surface area (Å²) >= 11 is 0. The summed E-state index contributed by atoms with van der Waals surface area (Å²) in [5.74, 6) is 0.607. The molecule has 1 aromatic carbocycles. The number of rotatable bonds is 5. The van der Waals surface area contributed by atoms with Crippen molar-refractivity contribution in [2.45, 2.75) is 18.9 Å². The Morgan fingerprint density at radius 1 is 1.38 bits per heavy atom. The Balaban J connectivity index is 2.06. The number of ether oxygens (including phenoxy) is 2. The molecule has 0 bridgehead atoms. The summed E-state index contributed by atoms with van der Waals surface area (Å²) < 4.78 is 10.3. The highest BCUT2D eigenvalue weighted by Crippen LogP contribution is 2.31.